The maximum Gasteiger partial charge on any atom is 0.232 e. The number of nitrogens with one attached hydrogen (secondary N) is 1. The zero-order chi connectivity index (χ0) is 15.6. The van der Waals surface area contributed by atoms with Crippen LogP contribution in [0.25, 0.3) is 0 Å². The van der Waals surface area contributed by atoms with Gasteiger partial charge in [0.05, 0.1) is 5.41 Å². The number of hydrogen-bond acceptors (Lipinski definition) is 2. The van der Waals surface area contributed by atoms with Crippen LogP contribution in [0.2, 0.25) is 0 Å². The van der Waals surface area contributed by atoms with Crippen LogP contribution in [-0.2, 0) is 15.0 Å². The van der Waals surface area contributed by atoms with E-state index in [0.29, 0.717) is 19.0 Å². The van der Waals surface area contributed by atoms with E-state index in [2.05, 4.69) is 5.32 Å². The number of hydrogen-bond donors (Lipinski definition) is 1. The molecule has 2 amide bonds. The first-order valence-corrected chi connectivity index (χ1v) is 8.22. The van der Waals surface area contributed by atoms with Gasteiger partial charge < -0.3 is 10.2 Å². The lowest BCUT2D eigenvalue weighted by molar-refractivity contribution is -0.139. The van der Waals surface area contributed by atoms with Gasteiger partial charge in [-0.1, -0.05) is 36.8 Å². The Balaban J connectivity index is 1.60. The second-order valence-electron chi connectivity index (χ2n) is 6.62. The molecular weight excluding hydrogens is 276 g/mol. The molecule has 4 heteroatoms. The van der Waals surface area contributed by atoms with E-state index >= 15 is 0 Å². The average Bonchev–Trinajstić information content (AvgIpc) is 3.28. The monoisotopic (exact) mass is 300 g/mol. The minimum Gasteiger partial charge on any atom is -0.353 e. The van der Waals surface area contributed by atoms with Crippen LogP contribution in [0.4, 0.5) is 0 Å². The minimum atomic E-state index is -0.358. The summed E-state index contributed by atoms with van der Waals surface area (Å²) in [5, 5.41) is 2.97. The van der Waals surface area contributed by atoms with Crippen molar-refractivity contribution in [3.8, 4) is 0 Å². The summed E-state index contributed by atoms with van der Waals surface area (Å²) in [6, 6.07) is 10.4. The first-order valence-electron chi connectivity index (χ1n) is 8.22. The smallest absolute Gasteiger partial charge is 0.232 e. The van der Waals surface area contributed by atoms with Gasteiger partial charge >= 0.3 is 0 Å². The minimum absolute atomic E-state index is 0.0597. The van der Waals surface area contributed by atoms with Crippen LogP contribution in [0.1, 0.15) is 44.1 Å². The van der Waals surface area contributed by atoms with Crippen molar-refractivity contribution in [3.05, 3.63) is 35.9 Å². The van der Waals surface area contributed by atoms with Gasteiger partial charge in [-0.15, -0.1) is 0 Å². The molecule has 4 nitrogen and oxygen atoms in total. The van der Waals surface area contributed by atoms with E-state index in [-0.39, 0.29) is 17.2 Å². The van der Waals surface area contributed by atoms with Gasteiger partial charge in [0.25, 0.3) is 0 Å². The molecule has 0 saturated heterocycles. The summed E-state index contributed by atoms with van der Waals surface area (Å²) in [4.78, 5) is 26.4. The summed E-state index contributed by atoms with van der Waals surface area (Å²) in [6.45, 7) is 0.492. The zero-order valence-electron chi connectivity index (χ0n) is 13.2. The standard InChI is InChI=1S/C18H24N2O2/c1-20(13-10-16(21)19-15-8-9-15)17(22)18(11-5-12-18)14-6-3-2-4-7-14/h2-4,6-7,15H,5,8-13H2,1H3,(H,19,21). The number of rotatable bonds is 6. The maximum absolute atomic E-state index is 12.9. The van der Waals surface area contributed by atoms with E-state index in [4.69, 9.17) is 0 Å². The summed E-state index contributed by atoms with van der Waals surface area (Å²) < 4.78 is 0. The average molecular weight is 300 g/mol. The van der Waals surface area contributed by atoms with Crippen LogP contribution in [-0.4, -0.2) is 36.3 Å². The molecule has 1 N–H and O–H groups in total. The van der Waals surface area contributed by atoms with E-state index in [0.717, 1.165) is 37.7 Å². The van der Waals surface area contributed by atoms with Crippen LogP contribution in [0.15, 0.2) is 30.3 Å². The summed E-state index contributed by atoms with van der Waals surface area (Å²) in [5.41, 5.74) is 0.753. The van der Waals surface area contributed by atoms with E-state index in [9.17, 15) is 9.59 Å². The van der Waals surface area contributed by atoms with Crippen molar-refractivity contribution in [2.24, 2.45) is 0 Å². The molecule has 0 heterocycles. The van der Waals surface area contributed by atoms with Gasteiger partial charge in [-0.25, -0.2) is 0 Å². The molecular formula is C18H24N2O2. The fourth-order valence-corrected chi connectivity index (χ4v) is 3.18. The highest BCUT2D eigenvalue weighted by Gasteiger charge is 2.46. The molecule has 2 saturated carbocycles. The highest BCUT2D eigenvalue weighted by Crippen LogP contribution is 2.44. The Kier molecular flexibility index (Phi) is 4.19. The van der Waals surface area contributed by atoms with Crippen molar-refractivity contribution < 1.29 is 9.59 Å². The Morgan fingerprint density at radius 3 is 2.45 bits per heavy atom. The molecule has 0 spiro atoms. The molecule has 0 aliphatic heterocycles. The summed E-state index contributed by atoms with van der Waals surface area (Å²) in [7, 11) is 1.82. The molecule has 0 bridgehead atoms. The quantitative estimate of drug-likeness (QED) is 0.876. The van der Waals surface area contributed by atoms with Crippen molar-refractivity contribution in [3.63, 3.8) is 0 Å². The van der Waals surface area contributed by atoms with Crippen LogP contribution in [0.5, 0.6) is 0 Å². The van der Waals surface area contributed by atoms with Gasteiger partial charge in [0.1, 0.15) is 0 Å². The first-order chi connectivity index (χ1) is 10.6. The predicted molar refractivity (Wildman–Crippen MR) is 85.4 cm³/mol. The third kappa shape index (κ3) is 3.01. The Bertz CT molecular complexity index is 547. The van der Waals surface area contributed by atoms with Crippen molar-refractivity contribution >= 4 is 11.8 Å². The van der Waals surface area contributed by atoms with Gasteiger partial charge in [0.15, 0.2) is 0 Å². The molecule has 0 aromatic heterocycles. The molecule has 0 radical (unpaired) electrons. The highest BCUT2D eigenvalue weighted by molar-refractivity contribution is 5.89. The Morgan fingerprint density at radius 2 is 1.91 bits per heavy atom. The van der Waals surface area contributed by atoms with Crippen molar-refractivity contribution in [2.75, 3.05) is 13.6 Å². The molecule has 2 aliphatic rings. The highest BCUT2D eigenvalue weighted by atomic mass is 16.2. The lowest BCUT2D eigenvalue weighted by Crippen LogP contribution is -2.50. The SMILES string of the molecule is CN(CCC(=O)NC1CC1)C(=O)C1(c2ccccc2)CCC1. The second kappa shape index (κ2) is 6.11. The van der Waals surface area contributed by atoms with Crippen molar-refractivity contribution in [1.82, 2.24) is 10.2 Å². The van der Waals surface area contributed by atoms with Crippen LogP contribution >= 0.6 is 0 Å². The zero-order valence-corrected chi connectivity index (χ0v) is 13.2. The van der Waals surface area contributed by atoms with E-state index in [1.54, 1.807) is 4.90 Å². The molecule has 2 fully saturated rings. The van der Waals surface area contributed by atoms with E-state index < -0.39 is 0 Å². The largest absolute Gasteiger partial charge is 0.353 e. The number of nitrogens with zero attached hydrogens (tertiary/aromatic N) is 1. The Hall–Kier alpha value is -1.84. The molecule has 0 atom stereocenters. The Morgan fingerprint density at radius 1 is 1.23 bits per heavy atom. The first kappa shape index (κ1) is 15.1. The number of carbonyl (C=O) groups is 2. The molecule has 118 valence electrons. The lowest BCUT2D eigenvalue weighted by Gasteiger charge is -2.43. The van der Waals surface area contributed by atoms with Gasteiger partial charge in [0.2, 0.25) is 11.8 Å². The number of likely N-dealkylation sites (N-methyl/N-ethyl adjacent to an activating group) is 1. The van der Waals surface area contributed by atoms with Crippen LogP contribution in [0.3, 0.4) is 0 Å². The molecule has 1 aromatic rings. The van der Waals surface area contributed by atoms with E-state index in [1.165, 1.54) is 0 Å². The molecule has 3 rings (SSSR count). The Labute approximate surface area is 131 Å². The van der Waals surface area contributed by atoms with Gasteiger partial charge in [-0.3, -0.25) is 9.59 Å². The molecule has 22 heavy (non-hydrogen) atoms. The number of amides is 2. The predicted octanol–water partition coefficient (Wildman–Crippen LogP) is 2.24. The van der Waals surface area contributed by atoms with Crippen LogP contribution < -0.4 is 5.32 Å². The number of carbonyl (C=O) groups excluding carboxylic acids is 2. The topological polar surface area (TPSA) is 49.4 Å². The van der Waals surface area contributed by atoms with Crippen LogP contribution in [0, 0.1) is 0 Å². The fourth-order valence-electron chi connectivity index (χ4n) is 3.18. The van der Waals surface area contributed by atoms with Crippen molar-refractivity contribution in [2.45, 2.75) is 50.0 Å². The lowest BCUT2D eigenvalue weighted by atomic mass is 9.63. The fraction of sp³-hybridized carbons (Fsp3) is 0.556. The van der Waals surface area contributed by atoms with Gasteiger partial charge in [-0.05, 0) is 31.2 Å². The summed E-state index contributed by atoms with van der Waals surface area (Å²) in [5.74, 6) is 0.216. The normalized spacial score (nSPS) is 19.1. The third-order valence-corrected chi connectivity index (χ3v) is 4.91. The summed E-state index contributed by atoms with van der Waals surface area (Å²) >= 11 is 0. The van der Waals surface area contributed by atoms with Gasteiger partial charge in [0, 0.05) is 26.1 Å². The molecule has 0 unspecified atom stereocenters. The maximum atomic E-state index is 12.9. The van der Waals surface area contributed by atoms with E-state index in [1.807, 2.05) is 37.4 Å². The molecule has 1 aromatic carbocycles. The second-order valence-corrected chi connectivity index (χ2v) is 6.62. The molecule has 2 aliphatic carbocycles. The number of benzene rings is 1. The van der Waals surface area contributed by atoms with Gasteiger partial charge in [-0.2, -0.15) is 0 Å². The van der Waals surface area contributed by atoms with Crippen molar-refractivity contribution in [1.29, 1.82) is 0 Å². The third-order valence-electron chi connectivity index (χ3n) is 4.91. The summed E-state index contributed by atoms with van der Waals surface area (Å²) in [6.07, 6.45) is 5.50.